The number of nitrogens with one attached hydrogen (secondary N) is 1. The van der Waals surface area contributed by atoms with Crippen molar-refractivity contribution in [2.75, 3.05) is 6.54 Å². The molecule has 88 valence electrons. The highest BCUT2D eigenvalue weighted by molar-refractivity contribution is 5.20. The lowest BCUT2D eigenvalue weighted by molar-refractivity contribution is 0.261. The molecule has 1 fully saturated rings. The highest BCUT2D eigenvalue weighted by Gasteiger charge is 2.25. The van der Waals surface area contributed by atoms with Crippen LogP contribution >= 0.6 is 0 Å². The molecule has 1 aliphatic heterocycles. The predicted molar refractivity (Wildman–Crippen MR) is 56.0 cm³/mol. The van der Waals surface area contributed by atoms with Crippen molar-refractivity contribution in [1.29, 1.82) is 0 Å². The molecule has 0 amide bonds. The fraction of sp³-hybridized carbons (Fsp3) is 0.500. The normalized spacial score (nSPS) is 22.3. The SMILES string of the molecule is Fc1cccc(CC(F)C2CCCN2)c1F. The molecule has 1 aromatic rings. The molecule has 2 atom stereocenters. The van der Waals surface area contributed by atoms with E-state index in [-0.39, 0.29) is 18.0 Å². The number of alkyl halides is 1. The molecule has 0 bridgehead atoms. The number of hydrogen-bond acceptors (Lipinski definition) is 1. The van der Waals surface area contributed by atoms with Gasteiger partial charge in [0, 0.05) is 12.5 Å². The van der Waals surface area contributed by atoms with E-state index in [1.807, 2.05) is 0 Å². The summed E-state index contributed by atoms with van der Waals surface area (Å²) in [5.41, 5.74) is 0.112. The number of hydrogen-bond donors (Lipinski definition) is 1. The van der Waals surface area contributed by atoms with Gasteiger partial charge < -0.3 is 5.32 Å². The summed E-state index contributed by atoms with van der Waals surface area (Å²) in [5.74, 6) is -1.84. The summed E-state index contributed by atoms with van der Waals surface area (Å²) in [5, 5.41) is 3.02. The highest BCUT2D eigenvalue weighted by atomic mass is 19.2. The maximum Gasteiger partial charge on any atom is 0.162 e. The highest BCUT2D eigenvalue weighted by Crippen LogP contribution is 2.19. The molecular formula is C12H14F3N. The summed E-state index contributed by atoms with van der Waals surface area (Å²) in [6.07, 6.45) is 0.481. The average molecular weight is 229 g/mol. The quantitative estimate of drug-likeness (QED) is 0.840. The van der Waals surface area contributed by atoms with E-state index in [4.69, 9.17) is 0 Å². The molecule has 1 saturated heterocycles. The summed E-state index contributed by atoms with van der Waals surface area (Å²) >= 11 is 0. The molecular weight excluding hydrogens is 215 g/mol. The second-order valence-corrected chi connectivity index (χ2v) is 4.14. The van der Waals surface area contributed by atoms with Gasteiger partial charge in [0.1, 0.15) is 6.17 Å². The number of halogens is 3. The van der Waals surface area contributed by atoms with Crippen molar-refractivity contribution in [3.63, 3.8) is 0 Å². The molecule has 0 saturated carbocycles. The van der Waals surface area contributed by atoms with Crippen molar-refractivity contribution in [2.45, 2.75) is 31.5 Å². The van der Waals surface area contributed by atoms with Crippen LogP contribution in [0, 0.1) is 11.6 Å². The third-order valence-electron chi connectivity index (χ3n) is 2.98. The average Bonchev–Trinajstić information content (AvgIpc) is 2.78. The van der Waals surface area contributed by atoms with Gasteiger partial charge in [-0.25, -0.2) is 13.2 Å². The van der Waals surface area contributed by atoms with Gasteiger partial charge in [0.15, 0.2) is 11.6 Å². The zero-order chi connectivity index (χ0) is 11.5. The second-order valence-electron chi connectivity index (χ2n) is 4.14. The van der Waals surface area contributed by atoms with Crippen molar-refractivity contribution >= 4 is 0 Å². The Kier molecular flexibility index (Phi) is 3.49. The first-order valence-corrected chi connectivity index (χ1v) is 5.49. The minimum Gasteiger partial charge on any atom is -0.311 e. The van der Waals surface area contributed by atoms with E-state index in [9.17, 15) is 13.2 Å². The molecule has 0 radical (unpaired) electrons. The van der Waals surface area contributed by atoms with Crippen molar-refractivity contribution in [3.8, 4) is 0 Å². The van der Waals surface area contributed by atoms with Crippen LogP contribution < -0.4 is 5.32 Å². The van der Waals surface area contributed by atoms with Crippen molar-refractivity contribution < 1.29 is 13.2 Å². The molecule has 2 rings (SSSR count). The minimum absolute atomic E-state index is 0.0682. The zero-order valence-corrected chi connectivity index (χ0v) is 8.85. The summed E-state index contributed by atoms with van der Waals surface area (Å²) in [4.78, 5) is 0. The Morgan fingerprint density at radius 2 is 2.19 bits per heavy atom. The van der Waals surface area contributed by atoms with Gasteiger partial charge in [0.05, 0.1) is 0 Å². The van der Waals surface area contributed by atoms with Crippen LogP contribution in [0.25, 0.3) is 0 Å². The summed E-state index contributed by atoms with van der Waals surface area (Å²) < 4.78 is 39.9. The first-order valence-electron chi connectivity index (χ1n) is 5.49. The van der Waals surface area contributed by atoms with E-state index in [1.165, 1.54) is 12.1 Å². The second kappa shape index (κ2) is 4.87. The monoisotopic (exact) mass is 229 g/mol. The maximum atomic E-state index is 13.8. The van der Waals surface area contributed by atoms with Crippen LogP contribution in [0.2, 0.25) is 0 Å². The van der Waals surface area contributed by atoms with E-state index in [0.717, 1.165) is 25.5 Å². The number of benzene rings is 1. The van der Waals surface area contributed by atoms with Crippen LogP contribution in [0.15, 0.2) is 18.2 Å². The predicted octanol–water partition coefficient (Wildman–Crippen LogP) is 2.60. The third-order valence-corrected chi connectivity index (χ3v) is 2.98. The Labute approximate surface area is 92.7 Å². The van der Waals surface area contributed by atoms with Crippen molar-refractivity contribution in [3.05, 3.63) is 35.4 Å². The molecule has 1 heterocycles. The molecule has 0 aromatic heterocycles. The van der Waals surface area contributed by atoms with Crippen LogP contribution in [-0.4, -0.2) is 18.8 Å². The van der Waals surface area contributed by atoms with Crippen LogP contribution in [0.3, 0.4) is 0 Å². The Hall–Kier alpha value is -1.03. The summed E-state index contributed by atoms with van der Waals surface area (Å²) in [7, 11) is 0. The molecule has 1 nitrogen and oxygen atoms in total. The van der Waals surface area contributed by atoms with Crippen LogP contribution in [0.1, 0.15) is 18.4 Å². The van der Waals surface area contributed by atoms with E-state index in [1.54, 1.807) is 0 Å². The van der Waals surface area contributed by atoms with E-state index in [0.29, 0.717) is 0 Å². The van der Waals surface area contributed by atoms with Gasteiger partial charge in [-0.3, -0.25) is 0 Å². The molecule has 2 unspecified atom stereocenters. The first-order chi connectivity index (χ1) is 7.68. The lowest BCUT2D eigenvalue weighted by atomic mass is 10.0. The molecule has 4 heteroatoms. The van der Waals surface area contributed by atoms with Gasteiger partial charge in [-0.15, -0.1) is 0 Å². The minimum atomic E-state index is -1.15. The van der Waals surface area contributed by atoms with Gasteiger partial charge in [0.25, 0.3) is 0 Å². The first kappa shape index (κ1) is 11.5. The smallest absolute Gasteiger partial charge is 0.162 e. The van der Waals surface area contributed by atoms with Gasteiger partial charge in [0.2, 0.25) is 0 Å². The van der Waals surface area contributed by atoms with Crippen LogP contribution in [0.5, 0.6) is 0 Å². The van der Waals surface area contributed by atoms with Gasteiger partial charge >= 0.3 is 0 Å². The Morgan fingerprint density at radius 1 is 1.38 bits per heavy atom. The third kappa shape index (κ3) is 2.38. The Balaban J connectivity index is 2.05. The summed E-state index contributed by atoms with van der Waals surface area (Å²) in [6, 6.07) is 3.66. The fourth-order valence-corrected chi connectivity index (χ4v) is 2.08. The maximum absolute atomic E-state index is 13.8. The Morgan fingerprint density at radius 3 is 2.88 bits per heavy atom. The molecule has 16 heavy (non-hydrogen) atoms. The Bertz CT molecular complexity index is 361. The zero-order valence-electron chi connectivity index (χ0n) is 8.85. The van der Waals surface area contributed by atoms with E-state index in [2.05, 4.69) is 5.32 Å². The van der Waals surface area contributed by atoms with E-state index < -0.39 is 17.8 Å². The van der Waals surface area contributed by atoms with E-state index >= 15 is 0 Å². The lowest BCUT2D eigenvalue weighted by Gasteiger charge is -2.16. The lowest BCUT2D eigenvalue weighted by Crippen LogP contribution is -2.33. The summed E-state index contributed by atoms with van der Waals surface area (Å²) in [6.45, 7) is 0.802. The van der Waals surface area contributed by atoms with Gasteiger partial charge in [-0.1, -0.05) is 12.1 Å². The van der Waals surface area contributed by atoms with Crippen molar-refractivity contribution in [2.24, 2.45) is 0 Å². The standard InChI is InChI=1S/C12H14F3N/c13-9-4-1-3-8(12(9)15)7-10(14)11-5-2-6-16-11/h1,3-4,10-11,16H,2,5-7H2. The topological polar surface area (TPSA) is 12.0 Å². The number of rotatable bonds is 3. The van der Waals surface area contributed by atoms with Gasteiger partial charge in [-0.05, 0) is 31.0 Å². The van der Waals surface area contributed by atoms with Gasteiger partial charge in [-0.2, -0.15) is 0 Å². The molecule has 1 N–H and O–H groups in total. The largest absolute Gasteiger partial charge is 0.311 e. The van der Waals surface area contributed by atoms with Crippen LogP contribution in [-0.2, 0) is 6.42 Å². The van der Waals surface area contributed by atoms with Crippen molar-refractivity contribution in [1.82, 2.24) is 5.32 Å². The molecule has 1 aromatic carbocycles. The molecule has 0 spiro atoms. The van der Waals surface area contributed by atoms with Crippen LogP contribution in [0.4, 0.5) is 13.2 Å². The molecule has 1 aliphatic rings. The fourth-order valence-electron chi connectivity index (χ4n) is 2.08. The molecule has 0 aliphatic carbocycles.